The lowest BCUT2D eigenvalue weighted by atomic mass is 10.1. The third-order valence-corrected chi connectivity index (χ3v) is 3.23. The summed E-state index contributed by atoms with van der Waals surface area (Å²) in [6.45, 7) is 4.36. The van der Waals surface area contributed by atoms with Gasteiger partial charge in [-0.15, -0.1) is 0 Å². The van der Waals surface area contributed by atoms with Gasteiger partial charge in [0.15, 0.2) is 11.5 Å². The highest BCUT2D eigenvalue weighted by atomic mass is 16.5. The standard InChI is InChI=1S/C14H21NO4/c1-16-12-8-11(9-13(17-2)14(12)18-3)10-15-4-6-19-7-5-15/h8-9H,4-7,10H2,1-3H3. The van der Waals surface area contributed by atoms with E-state index in [1.54, 1.807) is 21.3 Å². The number of rotatable bonds is 5. The molecule has 0 atom stereocenters. The van der Waals surface area contributed by atoms with Crippen LogP contribution in [0, 0.1) is 0 Å². The first-order valence-corrected chi connectivity index (χ1v) is 6.37. The van der Waals surface area contributed by atoms with Crippen LogP contribution in [-0.4, -0.2) is 52.5 Å². The van der Waals surface area contributed by atoms with Crippen molar-refractivity contribution in [3.63, 3.8) is 0 Å². The van der Waals surface area contributed by atoms with Crippen LogP contribution in [0.5, 0.6) is 17.2 Å². The molecule has 2 rings (SSSR count). The fourth-order valence-corrected chi connectivity index (χ4v) is 2.24. The minimum Gasteiger partial charge on any atom is -0.493 e. The molecule has 0 aromatic heterocycles. The van der Waals surface area contributed by atoms with Crippen molar-refractivity contribution in [2.75, 3.05) is 47.6 Å². The molecule has 106 valence electrons. The van der Waals surface area contributed by atoms with Gasteiger partial charge < -0.3 is 18.9 Å². The van der Waals surface area contributed by atoms with Crippen LogP contribution >= 0.6 is 0 Å². The number of hydrogen-bond acceptors (Lipinski definition) is 5. The predicted octanol–water partition coefficient (Wildman–Crippen LogP) is 1.54. The zero-order chi connectivity index (χ0) is 13.7. The molecule has 1 aliphatic rings. The molecular formula is C14H21NO4. The maximum absolute atomic E-state index is 5.36. The maximum atomic E-state index is 5.36. The molecule has 0 spiro atoms. The molecule has 0 unspecified atom stereocenters. The third-order valence-electron chi connectivity index (χ3n) is 3.23. The fraction of sp³-hybridized carbons (Fsp3) is 0.571. The van der Waals surface area contributed by atoms with E-state index in [1.807, 2.05) is 12.1 Å². The van der Waals surface area contributed by atoms with Crippen LogP contribution in [0.15, 0.2) is 12.1 Å². The summed E-state index contributed by atoms with van der Waals surface area (Å²) in [6, 6.07) is 3.99. The predicted molar refractivity (Wildman–Crippen MR) is 72.2 cm³/mol. The van der Waals surface area contributed by atoms with E-state index in [1.165, 1.54) is 0 Å². The fourth-order valence-electron chi connectivity index (χ4n) is 2.24. The van der Waals surface area contributed by atoms with Gasteiger partial charge in [-0.25, -0.2) is 0 Å². The summed E-state index contributed by atoms with van der Waals surface area (Å²) in [5.41, 5.74) is 1.15. The van der Waals surface area contributed by atoms with Crippen LogP contribution < -0.4 is 14.2 Å². The lowest BCUT2D eigenvalue weighted by molar-refractivity contribution is 0.0341. The third kappa shape index (κ3) is 3.30. The van der Waals surface area contributed by atoms with Crippen molar-refractivity contribution < 1.29 is 18.9 Å². The lowest BCUT2D eigenvalue weighted by Gasteiger charge is -2.27. The molecule has 1 heterocycles. The van der Waals surface area contributed by atoms with Crippen molar-refractivity contribution in [1.29, 1.82) is 0 Å². The molecule has 19 heavy (non-hydrogen) atoms. The van der Waals surface area contributed by atoms with E-state index in [9.17, 15) is 0 Å². The number of hydrogen-bond donors (Lipinski definition) is 0. The van der Waals surface area contributed by atoms with Gasteiger partial charge in [0.1, 0.15) is 0 Å². The molecule has 5 nitrogen and oxygen atoms in total. The molecule has 0 aliphatic carbocycles. The minimum absolute atomic E-state index is 0.635. The van der Waals surface area contributed by atoms with E-state index in [2.05, 4.69) is 4.90 Å². The van der Waals surface area contributed by atoms with Crippen LogP contribution in [0.25, 0.3) is 0 Å². The largest absolute Gasteiger partial charge is 0.493 e. The number of morpholine rings is 1. The molecular weight excluding hydrogens is 246 g/mol. The second-order valence-electron chi connectivity index (χ2n) is 4.42. The number of benzene rings is 1. The van der Waals surface area contributed by atoms with Crippen LogP contribution in [0.2, 0.25) is 0 Å². The molecule has 0 radical (unpaired) electrons. The number of ether oxygens (including phenoxy) is 4. The van der Waals surface area contributed by atoms with Crippen LogP contribution in [0.1, 0.15) is 5.56 Å². The van der Waals surface area contributed by atoms with Crippen molar-refractivity contribution in [2.45, 2.75) is 6.54 Å². The second-order valence-corrected chi connectivity index (χ2v) is 4.42. The van der Waals surface area contributed by atoms with Gasteiger partial charge in [0.25, 0.3) is 0 Å². The topological polar surface area (TPSA) is 40.2 Å². The van der Waals surface area contributed by atoms with Gasteiger partial charge in [0.05, 0.1) is 34.5 Å². The Balaban J connectivity index is 2.20. The summed E-state index contributed by atoms with van der Waals surface area (Å²) in [7, 11) is 4.88. The molecule has 0 saturated carbocycles. The highest BCUT2D eigenvalue weighted by Crippen LogP contribution is 2.38. The average Bonchev–Trinajstić information content (AvgIpc) is 2.47. The van der Waals surface area contributed by atoms with E-state index in [0.29, 0.717) is 17.2 Å². The summed E-state index contributed by atoms with van der Waals surface area (Å²) < 4.78 is 21.4. The lowest BCUT2D eigenvalue weighted by Crippen LogP contribution is -2.35. The Bertz CT molecular complexity index is 391. The van der Waals surface area contributed by atoms with E-state index < -0.39 is 0 Å². The monoisotopic (exact) mass is 267 g/mol. The summed E-state index contributed by atoms with van der Waals surface area (Å²) in [4.78, 5) is 2.35. The highest BCUT2D eigenvalue weighted by Gasteiger charge is 2.16. The Morgan fingerprint density at radius 2 is 1.58 bits per heavy atom. The average molecular weight is 267 g/mol. The van der Waals surface area contributed by atoms with E-state index >= 15 is 0 Å². The number of methoxy groups -OCH3 is 3. The van der Waals surface area contributed by atoms with Gasteiger partial charge in [-0.05, 0) is 17.7 Å². The minimum atomic E-state index is 0.635. The Hall–Kier alpha value is -1.46. The Morgan fingerprint density at radius 1 is 1.00 bits per heavy atom. The molecule has 5 heteroatoms. The second kappa shape index (κ2) is 6.63. The number of nitrogens with zero attached hydrogens (tertiary/aromatic N) is 1. The summed E-state index contributed by atoms with van der Waals surface area (Å²) in [6.07, 6.45) is 0. The van der Waals surface area contributed by atoms with Crippen molar-refractivity contribution in [3.05, 3.63) is 17.7 Å². The highest BCUT2D eigenvalue weighted by molar-refractivity contribution is 5.53. The van der Waals surface area contributed by atoms with Crippen molar-refractivity contribution in [3.8, 4) is 17.2 Å². The van der Waals surface area contributed by atoms with Gasteiger partial charge in [-0.2, -0.15) is 0 Å². The van der Waals surface area contributed by atoms with Gasteiger partial charge in [-0.1, -0.05) is 0 Å². The van der Waals surface area contributed by atoms with Gasteiger partial charge in [-0.3, -0.25) is 4.90 Å². The first-order chi connectivity index (χ1) is 9.28. The molecule has 1 aromatic carbocycles. The van der Waals surface area contributed by atoms with Crippen LogP contribution in [0.4, 0.5) is 0 Å². The van der Waals surface area contributed by atoms with Crippen molar-refractivity contribution in [2.24, 2.45) is 0 Å². The first kappa shape index (κ1) is 14.0. The Morgan fingerprint density at radius 3 is 2.05 bits per heavy atom. The zero-order valence-electron chi connectivity index (χ0n) is 11.8. The van der Waals surface area contributed by atoms with E-state index in [0.717, 1.165) is 38.4 Å². The quantitative estimate of drug-likeness (QED) is 0.809. The van der Waals surface area contributed by atoms with E-state index in [4.69, 9.17) is 18.9 Å². The Labute approximate surface area is 114 Å². The SMILES string of the molecule is COc1cc(CN2CCOCC2)cc(OC)c1OC. The first-order valence-electron chi connectivity index (χ1n) is 6.37. The molecule has 0 amide bonds. The summed E-state index contributed by atoms with van der Waals surface area (Å²) in [5, 5.41) is 0. The molecule has 0 bridgehead atoms. The van der Waals surface area contributed by atoms with Crippen molar-refractivity contribution in [1.82, 2.24) is 4.90 Å². The van der Waals surface area contributed by atoms with Gasteiger partial charge in [0, 0.05) is 19.6 Å². The van der Waals surface area contributed by atoms with Gasteiger partial charge >= 0.3 is 0 Å². The zero-order valence-corrected chi connectivity index (χ0v) is 11.8. The maximum Gasteiger partial charge on any atom is 0.203 e. The summed E-state index contributed by atoms with van der Waals surface area (Å²) in [5.74, 6) is 2.03. The molecule has 1 aromatic rings. The molecule has 0 N–H and O–H groups in total. The van der Waals surface area contributed by atoms with Crippen LogP contribution in [-0.2, 0) is 11.3 Å². The Kier molecular flexibility index (Phi) is 4.87. The molecule has 1 saturated heterocycles. The van der Waals surface area contributed by atoms with Crippen LogP contribution in [0.3, 0.4) is 0 Å². The normalized spacial score (nSPS) is 16.2. The molecule has 1 fully saturated rings. The van der Waals surface area contributed by atoms with E-state index in [-0.39, 0.29) is 0 Å². The van der Waals surface area contributed by atoms with Crippen molar-refractivity contribution >= 4 is 0 Å². The smallest absolute Gasteiger partial charge is 0.203 e. The van der Waals surface area contributed by atoms with Gasteiger partial charge in [0.2, 0.25) is 5.75 Å². The molecule has 1 aliphatic heterocycles. The summed E-state index contributed by atoms with van der Waals surface area (Å²) >= 11 is 0.